The lowest BCUT2D eigenvalue weighted by atomic mass is 9.57. The Balaban J connectivity index is 2.33. The number of hydrogen-bond acceptors (Lipinski definition) is 0. The summed E-state index contributed by atoms with van der Waals surface area (Å²) in [5.41, 5.74) is 1.46. The lowest BCUT2D eigenvalue weighted by Gasteiger charge is -2.45. The van der Waals surface area contributed by atoms with Crippen LogP contribution in [0.25, 0.3) is 4.85 Å². The smallest absolute Gasteiger partial charge is 0.233 e. The highest BCUT2D eigenvalue weighted by atomic mass is 14.8. The van der Waals surface area contributed by atoms with Gasteiger partial charge in [-0.3, -0.25) is 0 Å². The van der Waals surface area contributed by atoms with Crippen LogP contribution in [0.4, 0.5) is 0 Å². The maximum absolute atomic E-state index is 7.54. The molecule has 2 rings (SSSR count). The van der Waals surface area contributed by atoms with E-state index in [1.165, 1.54) is 19.3 Å². The molecular formula is C16H25N. The molecule has 1 heteroatoms. The average Bonchev–Trinajstić information content (AvgIpc) is 2.28. The van der Waals surface area contributed by atoms with E-state index in [0.717, 1.165) is 18.3 Å². The van der Waals surface area contributed by atoms with Gasteiger partial charge in [0.2, 0.25) is 5.54 Å². The van der Waals surface area contributed by atoms with Crippen molar-refractivity contribution in [1.29, 1.82) is 0 Å². The Hall–Kier alpha value is -0.770. The van der Waals surface area contributed by atoms with Gasteiger partial charge in [-0.1, -0.05) is 25.5 Å². The van der Waals surface area contributed by atoms with Gasteiger partial charge in [0.25, 0.3) is 0 Å². The van der Waals surface area contributed by atoms with Crippen molar-refractivity contribution in [2.45, 2.75) is 58.9 Å². The minimum atomic E-state index is -0.0900. The van der Waals surface area contributed by atoms with Crippen molar-refractivity contribution in [3.63, 3.8) is 0 Å². The number of nitrogens with zero attached hydrogens (tertiary/aromatic N) is 1. The quantitative estimate of drug-likeness (QED) is 0.455. The van der Waals surface area contributed by atoms with Crippen LogP contribution in [0.3, 0.4) is 0 Å². The fraction of sp³-hybridized carbons (Fsp3) is 0.812. The highest BCUT2D eigenvalue weighted by molar-refractivity contribution is 5.17. The molecule has 0 aromatic rings. The molecule has 1 unspecified atom stereocenters. The van der Waals surface area contributed by atoms with E-state index in [4.69, 9.17) is 6.57 Å². The molecule has 0 N–H and O–H groups in total. The minimum Gasteiger partial charge on any atom is -0.310 e. The molecule has 0 bridgehead atoms. The van der Waals surface area contributed by atoms with E-state index in [2.05, 4.69) is 38.6 Å². The van der Waals surface area contributed by atoms with Crippen LogP contribution in [0.5, 0.6) is 0 Å². The zero-order valence-electron chi connectivity index (χ0n) is 11.7. The number of hydrogen-bond donors (Lipinski definition) is 0. The van der Waals surface area contributed by atoms with E-state index in [1.807, 2.05) is 0 Å². The number of allylic oxidation sites excluding steroid dienone is 2. The first-order chi connectivity index (χ1) is 7.98. The van der Waals surface area contributed by atoms with Crippen molar-refractivity contribution in [3.05, 3.63) is 23.1 Å². The number of fused-ring (bicyclic) bond motifs is 1. The molecule has 0 aromatic carbocycles. The molecule has 0 saturated heterocycles. The fourth-order valence-electron chi connectivity index (χ4n) is 4.00. The van der Waals surface area contributed by atoms with Gasteiger partial charge in [-0.15, -0.1) is 0 Å². The van der Waals surface area contributed by atoms with Crippen LogP contribution in [-0.4, -0.2) is 5.54 Å². The second-order valence-corrected chi connectivity index (χ2v) is 6.65. The standard InChI is InChI=1S/C16H25N/c1-11(2)13-8-9-16(4,17-5)15-7-6-12(3)10-14(13)15/h10-11,13-15H,6-9H2,1-4H3/t13-,14-,15+,16?/m1/s1. The summed E-state index contributed by atoms with van der Waals surface area (Å²) in [4.78, 5) is 4.00. The molecule has 2 aliphatic carbocycles. The first-order valence-corrected chi connectivity index (χ1v) is 7.04. The molecule has 4 atom stereocenters. The third-order valence-electron chi connectivity index (χ3n) is 5.18. The van der Waals surface area contributed by atoms with Gasteiger partial charge < -0.3 is 4.85 Å². The first kappa shape index (κ1) is 12.7. The highest BCUT2D eigenvalue weighted by Crippen LogP contribution is 2.51. The van der Waals surface area contributed by atoms with Crippen molar-refractivity contribution in [2.24, 2.45) is 23.7 Å². The highest BCUT2D eigenvalue weighted by Gasteiger charge is 2.51. The molecule has 1 fully saturated rings. The predicted octanol–water partition coefficient (Wildman–Crippen LogP) is 4.70. The first-order valence-electron chi connectivity index (χ1n) is 7.04. The van der Waals surface area contributed by atoms with Crippen LogP contribution in [0.1, 0.15) is 53.4 Å². The van der Waals surface area contributed by atoms with Crippen LogP contribution >= 0.6 is 0 Å². The summed E-state index contributed by atoms with van der Waals surface area (Å²) in [5.74, 6) is 2.81. The topological polar surface area (TPSA) is 4.36 Å². The summed E-state index contributed by atoms with van der Waals surface area (Å²) in [6, 6.07) is 0. The summed E-state index contributed by atoms with van der Waals surface area (Å²) >= 11 is 0. The molecule has 0 amide bonds. The lowest BCUT2D eigenvalue weighted by molar-refractivity contribution is 0.0861. The zero-order valence-corrected chi connectivity index (χ0v) is 11.7. The van der Waals surface area contributed by atoms with E-state index in [0.29, 0.717) is 11.8 Å². The third-order valence-corrected chi connectivity index (χ3v) is 5.18. The van der Waals surface area contributed by atoms with Gasteiger partial charge in [0.1, 0.15) is 0 Å². The SMILES string of the molecule is [C-]#[N+]C1(C)CC[C@H](C(C)C)[C@H]2C=C(C)CC[C@@H]21. The van der Waals surface area contributed by atoms with Gasteiger partial charge in [-0.25, -0.2) is 6.57 Å². The van der Waals surface area contributed by atoms with E-state index in [9.17, 15) is 0 Å². The van der Waals surface area contributed by atoms with Crippen LogP contribution in [-0.2, 0) is 0 Å². The van der Waals surface area contributed by atoms with Gasteiger partial charge in [-0.2, -0.15) is 0 Å². The maximum Gasteiger partial charge on any atom is 0.233 e. The molecule has 1 nitrogen and oxygen atoms in total. The van der Waals surface area contributed by atoms with Gasteiger partial charge in [0.05, 0.1) is 0 Å². The number of rotatable bonds is 1. The summed E-state index contributed by atoms with van der Waals surface area (Å²) in [5, 5.41) is 0. The molecule has 0 radical (unpaired) electrons. The Bertz CT molecular complexity index is 360. The molecule has 17 heavy (non-hydrogen) atoms. The molecule has 0 heterocycles. The van der Waals surface area contributed by atoms with Crippen molar-refractivity contribution in [3.8, 4) is 0 Å². The molecule has 0 aliphatic heterocycles. The van der Waals surface area contributed by atoms with E-state index in [1.54, 1.807) is 5.57 Å². The van der Waals surface area contributed by atoms with E-state index < -0.39 is 0 Å². The Morgan fingerprint density at radius 1 is 1.41 bits per heavy atom. The summed E-state index contributed by atoms with van der Waals surface area (Å²) in [7, 11) is 0. The van der Waals surface area contributed by atoms with Gasteiger partial charge in [-0.05, 0) is 43.9 Å². The molecule has 0 spiro atoms. The summed E-state index contributed by atoms with van der Waals surface area (Å²) in [6.45, 7) is 16.7. The van der Waals surface area contributed by atoms with Crippen molar-refractivity contribution < 1.29 is 0 Å². The van der Waals surface area contributed by atoms with E-state index in [-0.39, 0.29) is 5.54 Å². The summed E-state index contributed by atoms with van der Waals surface area (Å²) < 4.78 is 0. The van der Waals surface area contributed by atoms with Crippen molar-refractivity contribution >= 4 is 0 Å². The normalized spacial score (nSPS) is 41.6. The Morgan fingerprint density at radius 3 is 2.71 bits per heavy atom. The molecule has 2 aliphatic rings. The van der Waals surface area contributed by atoms with Crippen LogP contribution < -0.4 is 0 Å². The van der Waals surface area contributed by atoms with Crippen LogP contribution in [0, 0.1) is 30.2 Å². The molecule has 94 valence electrons. The Morgan fingerprint density at radius 2 is 2.12 bits per heavy atom. The zero-order chi connectivity index (χ0) is 12.6. The van der Waals surface area contributed by atoms with Crippen molar-refractivity contribution in [2.75, 3.05) is 0 Å². The molecular weight excluding hydrogens is 206 g/mol. The Labute approximate surface area is 106 Å². The average molecular weight is 231 g/mol. The predicted molar refractivity (Wildman–Crippen MR) is 72.5 cm³/mol. The van der Waals surface area contributed by atoms with E-state index >= 15 is 0 Å². The molecule has 1 saturated carbocycles. The maximum atomic E-state index is 7.54. The minimum absolute atomic E-state index is 0.0900. The van der Waals surface area contributed by atoms with Crippen LogP contribution in [0.15, 0.2) is 11.6 Å². The fourth-order valence-corrected chi connectivity index (χ4v) is 4.00. The van der Waals surface area contributed by atoms with Gasteiger partial charge in [0.15, 0.2) is 0 Å². The summed E-state index contributed by atoms with van der Waals surface area (Å²) in [6.07, 6.45) is 7.28. The van der Waals surface area contributed by atoms with Crippen molar-refractivity contribution in [1.82, 2.24) is 0 Å². The third kappa shape index (κ3) is 2.15. The van der Waals surface area contributed by atoms with Gasteiger partial charge in [0, 0.05) is 19.3 Å². The Kier molecular flexibility index (Phi) is 3.34. The second-order valence-electron chi connectivity index (χ2n) is 6.65. The second kappa shape index (κ2) is 4.48. The van der Waals surface area contributed by atoms with Gasteiger partial charge >= 0.3 is 0 Å². The molecule has 0 aromatic heterocycles. The lowest BCUT2D eigenvalue weighted by Crippen LogP contribution is -2.46. The monoisotopic (exact) mass is 231 g/mol. The largest absolute Gasteiger partial charge is 0.310 e. The van der Waals surface area contributed by atoms with Crippen LogP contribution in [0.2, 0.25) is 0 Å².